The minimum atomic E-state index is -3.32. The Kier molecular flexibility index (Phi) is 7.49. The summed E-state index contributed by atoms with van der Waals surface area (Å²) >= 11 is 3.46. The maximum Gasteiger partial charge on any atom is 0.411 e. The Morgan fingerprint density at radius 3 is 2.61 bits per heavy atom. The lowest BCUT2D eigenvalue weighted by Crippen LogP contribution is -2.20. The molecule has 0 bridgehead atoms. The molecule has 0 saturated heterocycles. The van der Waals surface area contributed by atoms with Crippen LogP contribution in [0.5, 0.6) is 0 Å². The minimum absolute atomic E-state index is 0.0502. The van der Waals surface area contributed by atoms with Crippen LogP contribution >= 0.6 is 15.9 Å². The number of hydrogen-bond donors (Lipinski definition) is 1. The van der Waals surface area contributed by atoms with Gasteiger partial charge in [-0.25, -0.2) is 13.2 Å². The van der Waals surface area contributed by atoms with Crippen LogP contribution in [0.15, 0.2) is 45.8 Å². The maximum atomic E-state index is 12.8. The average molecular weight is 507 g/mol. The first-order chi connectivity index (χ1) is 14.6. The summed E-state index contributed by atoms with van der Waals surface area (Å²) < 4.78 is 32.0. The van der Waals surface area contributed by atoms with Crippen LogP contribution in [-0.2, 0) is 21.1 Å². The van der Waals surface area contributed by atoms with Crippen molar-refractivity contribution in [2.45, 2.75) is 49.3 Å². The van der Waals surface area contributed by atoms with Gasteiger partial charge in [0.05, 0.1) is 16.8 Å². The van der Waals surface area contributed by atoms with Crippen molar-refractivity contribution >= 4 is 45.5 Å². The molecule has 1 aliphatic carbocycles. The number of nitrogens with one attached hydrogen (secondary N) is 1. The first-order valence-electron chi connectivity index (χ1n) is 10.3. The van der Waals surface area contributed by atoms with Gasteiger partial charge in [-0.3, -0.25) is 5.32 Å². The van der Waals surface area contributed by atoms with Gasteiger partial charge >= 0.3 is 6.09 Å². The molecule has 6 nitrogen and oxygen atoms in total. The molecule has 0 radical (unpaired) electrons. The second-order valence-electron chi connectivity index (χ2n) is 8.43. The van der Waals surface area contributed by atoms with E-state index in [2.05, 4.69) is 21.2 Å². The molecule has 9 heteroatoms. The van der Waals surface area contributed by atoms with E-state index in [0.29, 0.717) is 35.5 Å². The number of halogens is 1. The van der Waals surface area contributed by atoms with Crippen LogP contribution in [0, 0.1) is 6.92 Å². The molecule has 31 heavy (non-hydrogen) atoms. The summed E-state index contributed by atoms with van der Waals surface area (Å²) in [5, 5.41) is 2.45. The molecule has 1 amide bonds. The number of amides is 1. The van der Waals surface area contributed by atoms with Crippen LogP contribution in [0.4, 0.5) is 10.5 Å². The van der Waals surface area contributed by atoms with Crippen molar-refractivity contribution in [3.63, 3.8) is 0 Å². The molecule has 0 unspecified atom stereocenters. The third-order valence-corrected chi connectivity index (χ3v) is 8.14. The molecular weight excluding hydrogens is 479 g/mol. The summed E-state index contributed by atoms with van der Waals surface area (Å²) in [7, 11) is 0.444. The summed E-state index contributed by atoms with van der Waals surface area (Å²) in [5.41, 5.74) is 3.45. The number of sulfone groups is 1. The van der Waals surface area contributed by atoms with Crippen molar-refractivity contribution < 1.29 is 17.9 Å². The number of carbonyl (C=O) groups excluding carboxylic acids is 1. The van der Waals surface area contributed by atoms with Crippen LogP contribution in [0.2, 0.25) is 0 Å². The fraction of sp³-hybridized carbons (Fsp3) is 0.409. The number of nitrogens with zero attached hydrogens (tertiary/aromatic N) is 1. The van der Waals surface area contributed by atoms with E-state index >= 15 is 0 Å². The lowest BCUT2D eigenvalue weighted by molar-refractivity contribution is 0.155. The van der Waals surface area contributed by atoms with E-state index in [1.165, 1.54) is 0 Å². The molecule has 1 saturated carbocycles. The van der Waals surface area contributed by atoms with E-state index in [-0.39, 0.29) is 17.8 Å². The van der Waals surface area contributed by atoms with Crippen molar-refractivity contribution in [3.8, 4) is 0 Å². The fourth-order valence-electron chi connectivity index (χ4n) is 3.59. The van der Waals surface area contributed by atoms with Crippen LogP contribution in [-0.4, -0.2) is 46.2 Å². The summed E-state index contributed by atoms with van der Waals surface area (Å²) in [6.07, 6.45) is 0.869. The summed E-state index contributed by atoms with van der Waals surface area (Å²) in [5.74, 6) is 0.0502. The predicted octanol–water partition coefficient (Wildman–Crippen LogP) is 4.03. The van der Waals surface area contributed by atoms with Crippen molar-refractivity contribution in [2.75, 3.05) is 19.0 Å². The monoisotopic (exact) mass is 506 g/mol. The minimum Gasteiger partial charge on any atom is -0.449 e. The highest BCUT2D eigenvalue weighted by atomic mass is 79.9. The van der Waals surface area contributed by atoms with Gasteiger partial charge in [-0.2, -0.15) is 0 Å². The Labute approximate surface area is 193 Å². The lowest BCUT2D eigenvalue weighted by atomic mass is 9.97. The van der Waals surface area contributed by atoms with Gasteiger partial charge in [0.2, 0.25) is 0 Å². The molecule has 0 spiro atoms. The normalized spacial score (nSPS) is 15.0. The van der Waals surface area contributed by atoms with Crippen molar-refractivity contribution in [2.24, 2.45) is 0 Å². The smallest absolute Gasteiger partial charge is 0.411 e. The number of anilines is 1. The molecule has 1 atom stereocenters. The maximum absolute atomic E-state index is 12.8. The van der Waals surface area contributed by atoms with Gasteiger partial charge in [-0.1, -0.05) is 28.9 Å². The summed E-state index contributed by atoms with van der Waals surface area (Å²) in [4.78, 5) is 14.6. The Morgan fingerprint density at radius 2 is 2.00 bits per heavy atom. The second kappa shape index (κ2) is 9.75. The molecule has 3 rings (SSSR count). The number of rotatable bonds is 8. The number of aryl methyl sites for hydroxylation is 1. The molecule has 2 aromatic carbocycles. The molecule has 0 aliphatic heterocycles. The molecule has 166 valence electrons. The molecule has 1 aliphatic rings. The van der Waals surface area contributed by atoms with E-state index in [9.17, 15) is 13.2 Å². The largest absolute Gasteiger partial charge is 0.449 e. The van der Waals surface area contributed by atoms with E-state index in [1.807, 2.05) is 51.9 Å². The molecule has 0 aromatic heterocycles. The Balaban J connectivity index is 1.68. The third-order valence-electron chi connectivity index (χ3n) is 5.29. The van der Waals surface area contributed by atoms with Crippen LogP contribution in [0.25, 0.3) is 0 Å². The molecular formula is C22H28BBrN2O4S. The standard InChI is InChI=1S/C22H28BBrN2O4S/c1-14-10-17(24)4-8-20(14)15(2)13-30-22(27)25-18-5-9-21(16(11-18)12-26(3)23)31(28,29)19-6-7-19/h4-5,8-11,15,19H,6-7,12-13,23H2,1-3H3,(H,25,27)/t15-/m0/s1. The quantitative estimate of drug-likeness (QED) is 0.547. The topological polar surface area (TPSA) is 75.7 Å². The van der Waals surface area contributed by atoms with E-state index < -0.39 is 15.9 Å². The highest BCUT2D eigenvalue weighted by Gasteiger charge is 2.38. The van der Waals surface area contributed by atoms with Crippen LogP contribution < -0.4 is 5.32 Å². The zero-order valence-electron chi connectivity index (χ0n) is 18.3. The van der Waals surface area contributed by atoms with Crippen molar-refractivity contribution in [3.05, 3.63) is 57.6 Å². The first kappa shape index (κ1) is 23.8. The van der Waals surface area contributed by atoms with Crippen molar-refractivity contribution in [1.29, 1.82) is 0 Å². The van der Waals surface area contributed by atoms with Gasteiger partial charge in [0.1, 0.15) is 0 Å². The highest BCUT2D eigenvalue weighted by molar-refractivity contribution is 9.10. The van der Waals surface area contributed by atoms with Gasteiger partial charge < -0.3 is 9.55 Å². The zero-order chi connectivity index (χ0) is 22.8. The summed E-state index contributed by atoms with van der Waals surface area (Å²) in [6.45, 7) is 4.75. The van der Waals surface area contributed by atoms with E-state index in [0.717, 1.165) is 15.6 Å². The van der Waals surface area contributed by atoms with Gasteiger partial charge in [-0.15, -0.1) is 0 Å². The lowest BCUT2D eigenvalue weighted by Gasteiger charge is -2.17. The Bertz CT molecular complexity index is 1070. The number of hydrogen-bond acceptors (Lipinski definition) is 5. The number of ether oxygens (including phenoxy) is 1. The van der Waals surface area contributed by atoms with Gasteiger partial charge in [-0.05, 0) is 73.8 Å². The zero-order valence-corrected chi connectivity index (χ0v) is 20.7. The fourth-order valence-corrected chi connectivity index (χ4v) is 5.93. The van der Waals surface area contributed by atoms with E-state index in [1.54, 1.807) is 18.2 Å². The van der Waals surface area contributed by atoms with Crippen LogP contribution in [0.3, 0.4) is 0 Å². The molecule has 1 N–H and O–H groups in total. The molecule has 0 heterocycles. The third kappa shape index (κ3) is 6.11. The Morgan fingerprint density at radius 1 is 1.29 bits per heavy atom. The van der Waals surface area contributed by atoms with Gasteiger partial charge in [0.15, 0.2) is 17.8 Å². The SMILES string of the molecule is BN(C)Cc1cc(NC(=O)OC[C@H](C)c2ccc(Br)cc2C)ccc1S(=O)(=O)C1CC1. The second-order valence-corrected chi connectivity index (χ2v) is 11.5. The predicted molar refractivity (Wildman–Crippen MR) is 129 cm³/mol. The average Bonchev–Trinajstić information content (AvgIpc) is 3.51. The summed E-state index contributed by atoms with van der Waals surface area (Å²) in [6, 6.07) is 11.0. The van der Waals surface area contributed by atoms with Gasteiger partial charge in [0, 0.05) is 22.6 Å². The highest BCUT2D eigenvalue weighted by Crippen LogP contribution is 2.36. The number of benzene rings is 2. The Hall–Kier alpha value is -1.84. The van der Waals surface area contributed by atoms with E-state index in [4.69, 9.17) is 4.74 Å². The first-order valence-corrected chi connectivity index (χ1v) is 12.6. The molecule has 2 aromatic rings. The van der Waals surface area contributed by atoms with Gasteiger partial charge in [0.25, 0.3) is 0 Å². The number of carbonyl (C=O) groups is 1. The van der Waals surface area contributed by atoms with Crippen LogP contribution in [0.1, 0.15) is 42.4 Å². The van der Waals surface area contributed by atoms with Crippen molar-refractivity contribution in [1.82, 2.24) is 4.81 Å². The molecule has 1 fully saturated rings.